The van der Waals surface area contributed by atoms with Crippen LogP contribution < -0.4 is 14.8 Å². The van der Waals surface area contributed by atoms with Gasteiger partial charge in [0.25, 0.3) is 15.9 Å². The van der Waals surface area contributed by atoms with Gasteiger partial charge in [0.2, 0.25) is 9.47 Å². The zero-order valence-corrected chi connectivity index (χ0v) is 19.5. The van der Waals surface area contributed by atoms with Crippen molar-refractivity contribution in [3.8, 4) is 5.75 Å². The molecule has 1 fully saturated rings. The molecule has 1 aliphatic heterocycles. The highest BCUT2D eigenvalue weighted by Gasteiger charge is 2.43. The number of nitrogens with one attached hydrogen (secondary N) is 2. The number of ether oxygens (including phenoxy) is 1. The predicted molar refractivity (Wildman–Crippen MR) is 125 cm³/mol. The van der Waals surface area contributed by atoms with Gasteiger partial charge in [0.05, 0.1) is 6.04 Å². The summed E-state index contributed by atoms with van der Waals surface area (Å²) >= 11 is 0.824. The molecule has 10 heteroatoms. The van der Waals surface area contributed by atoms with E-state index in [4.69, 9.17) is 4.74 Å². The summed E-state index contributed by atoms with van der Waals surface area (Å²) in [6.07, 6.45) is 5.71. The number of carbonyl (C=O) groups is 1. The van der Waals surface area contributed by atoms with Gasteiger partial charge in [0, 0.05) is 17.5 Å². The average molecular weight is 485 g/mol. The summed E-state index contributed by atoms with van der Waals surface area (Å²) in [5, 5.41) is 10.4. The number of hydrogen-bond acceptors (Lipinski definition) is 7. The SMILES string of the molecule is O=C(Nc1nnc(S(=O)(=O)N[C@H]2CC3(CCCCC3)Oc3ccccc32)s1)c1ccccc1. The summed E-state index contributed by atoms with van der Waals surface area (Å²) in [4.78, 5) is 12.3. The average Bonchev–Trinajstić information content (AvgIpc) is 3.29. The Bertz CT molecular complexity index is 1250. The van der Waals surface area contributed by atoms with Crippen LogP contribution in [-0.4, -0.2) is 30.1 Å². The number of carbonyl (C=O) groups excluding carboxylic acids is 1. The van der Waals surface area contributed by atoms with Crippen molar-refractivity contribution in [3.05, 3.63) is 65.7 Å². The van der Waals surface area contributed by atoms with Crippen molar-refractivity contribution < 1.29 is 17.9 Å². The molecule has 3 aromatic rings. The fourth-order valence-electron chi connectivity index (χ4n) is 4.59. The Kier molecular flexibility index (Phi) is 5.90. The highest BCUT2D eigenvalue weighted by Crippen LogP contribution is 2.46. The van der Waals surface area contributed by atoms with E-state index in [0.29, 0.717) is 12.0 Å². The second-order valence-electron chi connectivity index (χ2n) is 8.45. The second kappa shape index (κ2) is 8.85. The fraction of sp³-hybridized carbons (Fsp3) is 0.348. The maximum Gasteiger partial charge on any atom is 0.270 e. The van der Waals surface area contributed by atoms with Gasteiger partial charge in [-0.05, 0) is 43.9 Å². The molecule has 1 saturated carbocycles. The number of aromatic nitrogens is 2. The molecule has 33 heavy (non-hydrogen) atoms. The molecule has 0 bridgehead atoms. The van der Waals surface area contributed by atoms with Gasteiger partial charge < -0.3 is 4.74 Å². The van der Waals surface area contributed by atoms with Gasteiger partial charge in [-0.1, -0.05) is 54.2 Å². The molecule has 5 rings (SSSR count). The lowest BCUT2D eigenvalue weighted by Gasteiger charge is -2.44. The van der Waals surface area contributed by atoms with Crippen LogP contribution in [0, 0.1) is 0 Å². The molecule has 0 radical (unpaired) electrons. The van der Waals surface area contributed by atoms with E-state index in [1.165, 1.54) is 6.42 Å². The summed E-state index contributed by atoms with van der Waals surface area (Å²) in [5.41, 5.74) is 0.918. The van der Waals surface area contributed by atoms with Gasteiger partial charge in [-0.25, -0.2) is 13.1 Å². The van der Waals surface area contributed by atoms with Crippen molar-refractivity contribution in [2.24, 2.45) is 0 Å². The number of amides is 1. The summed E-state index contributed by atoms with van der Waals surface area (Å²) in [5.74, 6) is 0.354. The normalized spacial score (nSPS) is 19.5. The van der Waals surface area contributed by atoms with Crippen LogP contribution in [-0.2, 0) is 10.0 Å². The Morgan fingerprint density at radius 2 is 1.73 bits per heavy atom. The minimum atomic E-state index is -3.95. The zero-order valence-electron chi connectivity index (χ0n) is 17.9. The van der Waals surface area contributed by atoms with Crippen LogP contribution in [0.15, 0.2) is 58.9 Å². The van der Waals surface area contributed by atoms with E-state index in [9.17, 15) is 13.2 Å². The molecule has 1 amide bonds. The Balaban J connectivity index is 1.36. The molecule has 8 nitrogen and oxygen atoms in total. The van der Waals surface area contributed by atoms with Crippen molar-refractivity contribution >= 4 is 32.4 Å². The smallest absolute Gasteiger partial charge is 0.270 e. The number of rotatable bonds is 5. The van der Waals surface area contributed by atoms with Crippen molar-refractivity contribution in [1.82, 2.24) is 14.9 Å². The maximum absolute atomic E-state index is 13.2. The van der Waals surface area contributed by atoms with E-state index in [1.54, 1.807) is 24.3 Å². The van der Waals surface area contributed by atoms with Crippen molar-refractivity contribution in [3.63, 3.8) is 0 Å². The molecule has 2 heterocycles. The zero-order chi connectivity index (χ0) is 22.9. The third-order valence-electron chi connectivity index (χ3n) is 6.15. The van der Waals surface area contributed by atoms with Crippen molar-refractivity contribution in [2.75, 3.05) is 5.32 Å². The third-order valence-corrected chi connectivity index (χ3v) is 8.83. The van der Waals surface area contributed by atoms with Gasteiger partial charge in [-0.2, -0.15) is 0 Å². The summed E-state index contributed by atoms with van der Waals surface area (Å²) in [6, 6.07) is 15.8. The quantitative estimate of drug-likeness (QED) is 0.523. The van der Waals surface area contributed by atoms with Crippen LogP contribution in [0.25, 0.3) is 0 Å². The van der Waals surface area contributed by atoms with Crippen molar-refractivity contribution in [2.45, 2.75) is 54.5 Å². The Morgan fingerprint density at radius 3 is 2.52 bits per heavy atom. The highest BCUT2D eigenvalue weighted by atomic mass is 32.2. The molecule has 2 aliphatic rings. The second-order valence-corrected chi connectivity index (χ2v) is 11.3. The molecule has 172 valence electrons. The van der Waals surface area contributed by atoms with E-state index < -0.39 is 16.1 Å². The third kappa shape index (κ3) is 4.64. The fourth-order valence-corrected chi connectivity index (χ4v) is 6.72. The monoisotopic (exact) mass is 484 g/mol. The molecular weight excluding hydrogens is 460 g/mol. The van der Waals surface area contributed by atoms with Crippen molar-refractivity contribution in [1.29, 1.82) is 0 Å². The Labute approximate surface area is 196 Å². The molecule has 1 atom stereocenters. The largest absolute Gasteiger partial charge is 0.487 e. The van der Waals surface area contributed by atoms with Crippen LogP contribution in [0.3, 0.4) is 0 Å². The maximum atomic E-state index is 13.2. The molecular formula is C23H24N4O4S2. The molecule has 0 saturated heterocycles. The van der Waals surface area contributed by atoms with E-state index in [-0.39, 0.29) is 21.0 Å². The van der Waals surface area contributed by atoms with E-state index in [2.05, 4.69) is 20.2 Å². The lowest BCUT2D eigenvalue weighted by molar-refractivity contribution is 0.0000717. The van der Waals surface area contributed by atoms with Crippen LogP contribution in [0.5, 0.6) is 5.75 Å². The van der Waals surface area contributed by atoms with Gasteiger partial charge in [0.1, 0.15) is 11.4 Å². The number of fused-ring (bicyclic) bond motifs is 1. The first kappa shape index (κ1) is 22.0. The van der Waals surface area contributed by atoms with Gasteiger partial charge in [0.15, 0.2) is 0 Å². The van der Waals surface area contributed by atoms with Crippen LogP contribution in [0.1, 0.15) is 60.5 Å². The number of sulfonamides is 1. The van der Waals surface area contributed by atoms with Gasteiger partial charge in [-0.3, -0.25) is 10.1 Å². The topological polar surface area (TPSA) is 110 Å². The van der Waals surface area contributed by atoms with E-state index >= 15 is 0 Å². The van der Waals surface area contributed by atoms with E-state index in [1.807, 2.05) is 30.3 Å². The first-order valence-corrected chi connectivity index (χ1v) is 13.2. The highest BCUT2D eigenvalue weighted by molar-refractivity contribution is 7.91. The Morgan fingerprint density at radius 1 is 1.00 bits per heavy atom. The predicted octanol–water partition coefficient (Wildman–Crippen LogP) is 4.30. The minimum Gasteiger partial charge on any atom is -0.487 e. The molecule has 2 aromatic carbocycles. The number of nitrogens with zero attached hydrogens (tertiary/aromatic N) is 2. The van der Waals surface area contributed by atoms with Crippen LogP contribution >= 0.6 is 11.3 Å². The molecule has 1 aliphatic carbocycles. The number of hydrogen-bond donors (Lipinski definition) is 2. The van der Waals surface area contributed by atoms with Gasteiger partial charge in [-0.15, -0.1) is 10.2 Å². The molecule has 0 unspecified atom stereocenters. The standard InChI is InChI=1S/C23H24N4O4S2/c28-20(16-9-3-1-4-10-16)24-21-25-26-22(32-21)33(29,30)27-18-15-23(13-7-2-8-14-23)31-19-12-6-5-11-17(18)19/h1,3-6,9-12,18,27H,2,7-8,13-15H2,(H,24,25,28)/t18-/m0/s1. The van der Waals surface area contributed by atoms with Crippen LogP contribution in [0.2, 0.25) is 0 Å². The first-order chi connectivity index (χ1) is 15.9. The Hall–Kier alpha value is -2.82. The molecule has 2 N–H and O–H groups in total. The molecule has 1 aromatic heterocycles. The van der Waals surface area contributed by atoms with E-state index in [0.717, 1.165) is 48.3 Å². The lowest BCUT2D eigenvalue weighted by Crippen LogP contribution is -2.46. The summed E-state index contributed by atoms with van der Waals surface area (Å²) in [6.45, 7) is 0. The van der Waals surface area contributed by atoms with Gasteiger partial charge >= 0.3 is 0 Å². The number of benzene rings is 2. The number of anilines is 1. The summed E-state index contributed by atoms with van der Waals surface area (Å²) < 4.78 is 35.4. The lowest BCUT2D eigenvalue weighted by atomic mass is 9.77. The number of para-hydroxylation sites is 1. The first-order valence-electron chi connectivity index (χ1n) is 10.9. The summed E-state index contributed by atoms with van der Waals surface area (Å²) in [7, 11) is -3.95. The minimum absolute atomic E-state index is 0.125. The van der Waals surface area contributed by atoms with Crippen LogP contribution in [0.4, 0.5) is 5.13 Å². The molecule has 1 spiro atoms.